The summed E-state index contributed by atoms with van der Waals surface area (Å²) in [4.78, 5) is 53.3. The maximum atomic E-state index is 14.6. The Morgan fingerprint density at radius 2 is 0.849 bits per heavy atom. The highest BCUT2D eigenvalue weighted by molar-refractivity contribution is 7.09. The van der Waals surface area contributed by atoms with Crippen LogP contribution < -0.4 is 0 Å². The molecule has 4 heterocycles. The highest BCUT2D eigenvalue weighted by Gasteiger charge is 2.38. The molecule has 13 rings (SSSR count). The van der Waals surface area contributed by atoms with Gasteiger partial charge in [-0.1, -0.05) is 159 Å². The van der Waals surface area contributed by atoms with Gasteiger partial charge in [-0.2, -0.15) is 0 Å². The average molecular weight is 1420 g/mol. The highest BCUT2D eigenvalue weighted by Crippen LogP contribution is 2.47. The molecule has 0 radical (unpaired) electrons. The predicted molar refractivity (Wildman–Crippen MR) is 361 cm³/mol. The first-order valence-corrected chi connectivity index (χ1v) is 35.6. The summed E-state index contributed by atoms with van der Waals surface area (Å²) in [7, 11) is 0. The van der Waals surface area contributed by atoms with Crippen molar-refractivity contribution in [1.82, 2.24) is 38.3 Å². The summed E-state index contributed by atoms with van der Waals surface area (Å²) in [6.07, 6.45) is 12.0. The SMILES string of the molecule is CC(C)(CC(=O)c1snnc1C1CC1)c1c(F)cccc1Cl.CCCCC(CC(=O)c1snnc1C1CC1)c1c(F)cccc1Cl.C[C@H](CC(=O)c1snnc1C1CC1)c1c(F)cccc1Cl.O=C(CC(c1ccccc1)c1c(F)cccc1Cl)c1snnc1C1CC1. The molecule has 2 unspecified atom stereocenters. The second-order valence-electron chi connectivity index (χ2n) is 24.6. The van der Waals surface area contributed by atoms with E-state index >= 15 is 0 Å². The van der Waals surface area contributed by atoms with Crippen LogP contribution in [0.25, 0.3) is 0 Å². The minimum absolute atomic E-state index is 0.00678. The van der Waals surface area contributed by atoms with E-state index in [2.05, 4.69) is 45.3 Å². The number of Topliss-reactive ketones (excluding diaryl/α,β-unsaturated/α-hetero) is 4. The van der Waals surface area contributed by atoms with E-state index < -0.39 is 17.2 Å². The second kappa shape index (κ2) is 31.6. The smallest absolute Gasteiger partial charge is 0.177 e. The molecule has 4 aliphatic carbocycles. The van der Waals surface area contributed by atoms with Gasteiger partial charge in [0.05, 0.1) is 22.8 Å². The third-order valence-electron chi connectivity index (χ3n) is 16.8. The number of carbonyl (C=O) groups excluding carboxylic acids is 4. The first kappa shape index (κ1) is 69.7. The topological polar surface area (TPSA) is 171 Å². The van der Waals surface area contributed by atoms with Crippen LogP contribution in [0.1, 0.15) is 255 Å². The number of rotatable bonds is 24. The molecule has 12 nitrogen and oxygen atoms in total. The Bertz CT molecular complexity index is 4030. The van der Waals surface area contributed by atoms with E-state index in [-0.39, 0.29) is 78.1 Å². The molecule has 0 spiro atoms. The molecule has 5 aromatic carbocycles. The Hall–Kier alpha value is -6.10. The minimum atomic E-state index is -0.690. The van der Waals surface area contributed by atoms with Crippen LogP contribution in [0.15, 0.2) is 103 Å². The van der Waals surface area contributed by atoms with Crippen molar-refractivity contribution in [1.29, 1.82) is 0 Å². The fourth-order valence-corrected chi connectivity index (χ4v) is 15.6. The van der Waals surface area contributed by atoms with Crippen LogP contribution in [0, 0.1) is 23.3 Å². The standard InChI is InChI=1S/C20H16ClFN2OS.C18H20ClFN2OS.C16H16ClFN2OS.C15H14ClFN2OS/c21-15-7-4-8-16(22)18(15)14(12-5-2-1-3-6-12)11-17(25)20-19(13-9-10-13)23-24-26-20;1-2-3-5-12(16-13(19)6-4-7-14(16)20)10-15(23)18-17(11-8-9-11)21-22-24-18;1-16(2,13-10(17)4-3-5-11(13)18)8-12(21)15-14(9-6-7-9)19-20-22-15;1-8(13-10(16)3-2-4-11(13)17)7-12(20)15-14(9-5-6-9)18-19-21-15/h1-8,13-14H,9-11H2;4,6-7,11-12H,2-3,5,8-10H2,1H3;3-5,9H,6-8H2,1-2H3;2-4,8-9H,5-7H2,1H3/t;;;8-/m...1/s1. The first-order valence-electron chi connectivity index (χ1n) is 31.0. The third-order valence-corrected chi connectivity index (χ3v) is 21.3. The van der Waals surface area contributed by atoms with E-state index in [4.69, 9.17) is 46.4 Å². The molecule has 9 aromatic rings. The van der Waals surface area contributed by atoms with Crippen LogP contribution >= 0.6 is 92.5 Å². The Morgan fingerprint density at radius 1 is 0.473 bits per heavy atom. The number of unbranched alkanes of at least 4 members (excludes halogenated alkanes) is 1. The van der Waals surface area contributed by atoms with Crippen LogP contribution in [0.3, 0.4) is 0 Å². The number of benzene rings is 5. The molecular formula is C69H66Cl4F4N8O4S4. The summed E-state index contributed by atoms with van der Waals surface area (Å²) in [5.74, 6) is -1.05. The fourth-order valence-electron chi connectivity index (χ4n) is 11.4. The molecule has 3 atom stereocenters. The van der Waals surface area contributed by atoms with Crippen molar-refractivity contribution in [3.05, 3.63) is 217 Å². The Balaban J connectivity index is 0.000000136. The number of nitrogens with zero attached hydrogens (tertiary/aromatic N) is 8. The van der Waals surface area contributed by atoms with Gasteiger partial charge in [0.1, 0.15) is 42.8 Å². The van der Waals surface area contributed by atoms with Gasteiger partial charge in [0, 0.05) is 103 Å². The van der Waals surface area contributed by atoms with E-state index in [9.17, 15) is 36.7 Å². The molecule has 4 aliphatic rings. The van der Waals surface area contributed by atoms with Crippen molar-refractivity contribution in [2.24, 2.45) is 0 Å². The molecule has 24 heteroatoms. The molecule has 93 heavy (non-hydrogen) atoms. The minimum Gasteiger partial charge on any atom is -0.293 e. The molecule has 0 N–H and O–H groups in total. The Labute approximate surface area is 573 Å². The first-order chi connectivity index (χ1) is 44.7. The zero-order chi connectivity index (χ0) is 66.1. The molecule has 486 valence electrons. The molecule has 0 bridgehead atoms. The lowest BCUT2D eigenvalue weighted by molar-refractivity contribution is 0.0954. The van der Waals surface area contributed by atoms with Crippen molar-refractivity contribution in [3.8, 4) is 0 Å². The number of halogens is 8. The molecule has 4 saturated carbocycles. The predicted octanol–water partition coefficient (Wildman–Crippen LogP) is 20.7. The van der Waals surface area contributed by atoms with Crippen LogP contribution in [0.5, 0.6) is 0 Å². The monoisotopic (exact) mass is 1410 g/mol. The molecule has 0 saturated heterocycles. The number of ketones is 4. The van der Waals surface area contributed by atoms with E-state index in [1.165, 1.54) is 24.3 Å². The maximum Gasteiger partial charge on any atom is 0.177 e. The van der Waals surface area contributed by atoms with E-state index in [1.807, 2.05) is 51.1 Å². The lowest BCUT2D eigenvalue weighted by Gasteiger charge is -2.26. The third kappa shape index (κ3) is 17.7. The van der Waals surface area contributed by atoms with Crippen molar-refractivity contribution < 1.29 is 36.7 Å². The van der Waals surface area contributed by atoms with Gasteiger partial charge in [0.25, 0.3) is 0 Å². The summed E-state index contributed by atoms with van der Waals surface area (Å²) in [5, 5.41) is 17.8. The number of hydrogen-bond acceptors (Lipinski definition) is 16. The molecule has 4 fully saturated rings. The highest BCUT2D eigenvalue weighted by atomic mass is 35.5. The van der Waals surface area contributed by atoms with Crippen molar-refractivity contribution in [2.45, 2.75) is 171 Å². The van der Waals surface area contributed by atoms with Crippen LogP contribution in [0.4, 0.5) is 17.6 Å². The normalized spacial score (nSPS) is 15.4. The largest absolute Gasteiger partial charge is 0.293 e. The fraction of sp³-hybridized carbons (Fsp3) is 0.391. The summed E-state index contributed by atoms with van der Waals surface area (Å²) in [6, 6.07) is 27.9. The van der Waals surface area contributed by atoms with Gasteiger partial charge in [-0.25, -0.2) is 17.6 Å². The Kier molecular flexibility index (Phi) is 23.7. The van der Waals surface area contributed by atoms with E-state index in [1.54, 1.807) is 48.5 Å². The summed E-state index contributed by atoms with van der Waals surface area (Å²) in [5.41, 5.74) is 5.04. The van der Waals surface area contributed by atoms with Crippen molar-refractivity contribution in [2.75, 3.05) is 0 Å². The van der Waals surface area contributed by atoms with Crippen molar-refractivity contribution >= 4 is 116 Å². The van der Waals surface area contributed by atoms with Gasteiger partial charge >= 0.3 is 0 Å². The molecule has 0 amide bonds. The average Bonchev–Trinajstić information content (AvgIpc) is 1.81. The molecular weight excluding hydrogens is 1350 g/mol. The second-order valence-corrected chi connectivity index (χ2v) is 29.3. The van der Waals surface area contributed by atoms with Crippen LogP contribution in [0.2, 0.25) is 20.1 Å². The zero-order valence-electron chi connectivity index (χ0n) is 51.3. The summed E-state index contributed by atoms with van der Waals surface area (Å²) in [6.45, 7) is 7.56. The quantitative estimate of drug-likeness (QED) is 0.0415. The van der Waals surface area contributed by atoms with Gasteiger partial charge < -0.3 is 0 Å². The van der Waals surface area contributed by atoms with Crippen LogP contribution in [-0.2, 0) is 5.41 Å². The van der Waals surface area contributed by atoms with Gasteiger partial charge in [0.2, 0.25) is 0 Å². The Morgan fingerprint density at radius 3 is 1.26 bits per heavy atom. The lowest BCUT2D eigenvalue weighted by Crippen LogP contribution is -2.24. The molecule has 0 aliphatic heterocycles. The number of carbonyl (C=O) groups is 4. The summed E-state index contributed by atoms with van der Waals surface area (Å²) >= 11 is 29.3. The van der Waals surface area contributed by atoms with Gasteiger partial charge in [-0.05, 0) is 170 Å². The lowest BCUT2D eigenvalue weighted by atomic mass is 9.79. The van der Waals surface area contributed by atoms with Crippen LogP contribution in [-0.4, -0.2) is 61.5 Å². The maximum absolute atomic E-state index is 14.6. The van der Waals surface area contributed by atoms with Gasteiger partial charge in [-0.3, -0.25) is 19.2 Å². The van der Waals surface area contributed by atoms with Crippen molar-refractivity contribution in [3.63, 3.8) is 0 Å². The van der Waals surface area contributed by atoms with E-state index in [0.29, 0.717) is 85.5 Å². The summed E-state index contributed by atoms with van der Waals surface area (Å²) < 4.78 is 72.6. The zero-order valence-corrected chi connectivity index (χ0v) is 57.6. The molecule has 4 aromatic heterocycles. The van der Waals surface area contributed by atoms with Gasteiger partial charge in [-0.15, -0.1) is 20.4 Å². The van der Waals surface area contributed by atoms with E-state index in [0.717, 1.165) is 145 Å². The number of hydrogen-bond donors (Lipinski definition) is 0. The number of aromatic nitrogens is 8. The van der Waals surface area contributed by atoms with Gasteiger partial charge in [0.15, 0.2) is 23.1 Å².